The van der Waals surface area contributed by atoms with Crippen LogP contribution in [0, 0.1) is 0 Å². The topological polar surface area (TPSA) is 50.4 Å². The van der Waals surface area contributed by atoms with Gasteiger partial charge in [-0.25, -0.2) is 4.79 Å². The SMILES string of the molecule is O=C(NCCc1ccccc1)Nc1cccc(OCC(F)(F)F)c1. The quantitative estimate of drug-likeness (QED) is 0.837. The molecule has 0 unspecified atom stereocenters. The van der Waals surface area contributed by atoms with E-state index in [1.54, 1.807) is 6.07 Å². The summed E-state index contributed by atoms with van der Waals surface area (Å²) in [6, 6.07) is 15.0. The molecule has 2 aromatic rings. The molecule has 0 heterocycles. The highest BCUT2D eigenvalue weighted by molar-refractivity contribution is 5.89. The molecule has 0 saturated carbocycles. The number of carbonyl (C=O) groups excluding carboxylic acids is 1. The fourth-order valence-corrected chi connectivity index (χ4v) is 1.97. The number of hydrogen-bond acceptors (Lipinski definition) is 2. The summed E-state index contributed by atoms with van der Waals surface area (Å²) in [6.45, 7) is -0.931. The summed E-state index contributed by atoms with van der Waals surface area (Å²) >= 11 is 0. The largest absolute Gasteiger partial charge is 0.484 e. The number of rotatable bonds is 6. The van der Waals surface area contributed by atoms with Gasteiger partial charge >= 0.3 is 12.2 Å². The molecule has 0 radical (unpaired) electrons. The predicted molar refractivity (Wildman–Crippen MR) is 85.2 cm³/mol. The van der Waals surface area contributed by atoms with Gasteiger partial charge in [-0.05, 0) is 24.1 Å². The van der Waals surface area contributed by atoms with Gasteiger partial charge in [-0.2, -0.15) is 13.2 Å². The molecule has 0 aliphatic carbocycles. The number of hydrogen-bond donors (Lipinski definition) is 2. The summed E-state index contributed by atoms with van der Waals surface area (Å²) in [5.41, 5.74) is 1.45. The smallest absolute Gasteiger partial charge is 0.422 e. The number of ether oxygens (including phenoxy) is 1. The normalized spacial score (nSPS) is 11.0. The molecule has 0 fully saturated rings. The van der Waals surface area contributed by atoms with Crippen molar-refractivity contribution in [1.82, 2.24) is 5.32 Å². The average molecular weight is 338 g/mol. The molecule has 4 nitrogen and oxygen atoms in total. The Bertz CT molecular complexity index is 660. The van der Waals surface area contributed by atoms with Crippen LogP contribution in [0.15, 0.2) is 54.6 Å². The molecular formula is C17H17F3N2O2. The average Bonchev–Trinajstić information content (AvgIpc) is 2.54. The maximum atomic E-state index is 12.1. The van der Waals surface area contributed by atoms with Crippen molar-refractivity contribution in [3.8, 4) is 5.75 Å². The van der Waals surface area contributed by atoms with Gasteiger partial charge in [0.05, 0.1) is 0 Å². The number of nitrogens with one attached hydrogen (secondary N) is 2. The lowest BCUT2D eigenvalue weighted by Gasteiger charge is -2.11. The summed E-state index contributed by atoms with van der Waals surface area (Å²) in [7, 11) is 0. The molecule has 24 heavy (non-hydrogen) atoms. The molecule has 2 rings (SSSR count). The van der Waals surface area contributed by atoms with Crippen molar-refractivity contribution in [3.05, 3.63) is 60.2 Å². The van der Waals surface area contributed by atoms with E-state index in [0.29, 0.717) is 18.7 Å². The van der Waals surface area contributed by atoms with Crippen molar-refractivity contribution in [2.24, 2.45) is 0 Å². The molecule has 7 heteroatoms. The number of carbonyl (C=O) groups is 1. The lowest BCUT2D eigenvalue weighted by molar-refractivity contribution is -0.153. The van der Waals surface area contributed by atoms with Crippen LogP contribution >= 0.6 is 0 Å². The van der Waals surface area contributed by atoms with Crippen LogP contribution in [-0.4, -0.2) is 25.4 Å². The first-order valence-electron chi connectivity index (χ1n) is 7.31. The summed E-state index contributed by atoms with van der Waals surface area (Å²) < 4.78 is 41.0. The van der Waals surface area contributed by atoms with E-state index in [2.05, 4.69) is 15.4 Å². The monoisotopic (exact) mass is 338 g/mol. The van der Waals surface area contributed by atoms with Crippen LogP contribution in [-0.2, 0) is 6.42 Å². The summed E-state index contributed by atoms with van der Waals surface area (Å²) in [4.78, 5) is 11.8. The van der Waals surface area contributed by atoms with Gasteiger partial charge < -0.3 is 15.4 Å². The van der Waals surface area contributed by atoms with Gasteiger partial charge in [0.1, 0.15) is 5.75 Å². The number of alkyl halides is 3. The van der Waals surface area contributed by atoms with Gasteiger partial charge in [-0.3, -0.25) is 0 Å². The van der Waals surface area contributed by atoms with Gasteiger partial charge in [0, 0.05) is 18.3 Å². The Morgan fingerprint density at radius 1 is 1.04 bits per heavy atom. The highest BCUT2D eigenvalue weighted by Crippen LogP contribution is 2.21. The summed E-state index contributed by atoms with van der Waals surface area (Å²) in [6.07, 6.45) is -3.72. The molecule has 0 aliphatic rings. The van der Waals surface area contributed by atoms with Crippen LogP contribution in [0.4, 0.5) is 23.7 Å². The molecule has 2 amide bonds. The predicted octanol–water partition coefficient (Wildman–Crippen LogP) is 3.99. The van der Waals surface area contributed by atoms with Crippen molar-refractivity contribution in [3.63, 3.8) is 0 Å². The lowest BCUT2D eigenvalue weighted by Crippen LogP contribution is -2.30. The van der Waals surface area contributed by atoms with Crippen molar-refractivity contribution in [1.29, 1.82) is 0 Å². The molecule has 2 aromatic carbocycles. The zero-order valence-corrected chi connectivity index (χ0v) is 12.8. The summed E-state index contributed by atoms with van der Waals surface area (Å²) in [5.74, 6) is 0.0365. The second-order valence-electron chi connectivity index (χ2n) is 5.05. The number of urea groups is 1. The Morgan fingerprint density at radius 3 is 2.50 bits per heavy atom. The Labute approximate surface area is 137 Å². The zero-order valence-electron chi connectivity index (χ0n) is 12.8. The molecule has 0 atom stereocenters. The fraction of sp³-hybridized carbons (Fsp3) is 0.235. The molecule has 0 saturated heterocycles. The number of anilines is 1. The third-order valence-corrected chi connectivity index (χ3v) is 3.04. The van der Waals surface area contributed by atoms with Crippen molar-refractivity contribution < 1.29 is 22.7 Å². The first-order chi connectivity index (χ1) is 11.4. The van der Waals surface area contributed by atoms with Crippen LogP contribution in [0.25, 0.3) is 0 Å². The molecule has 128 valence electrons. The van der Waals surface area contributed by atoms with Gasteiger partial charge in [-0.15, -0.1) is 0 Å². The highest BCUT2D eigenvalue weighted by atomic mass is 19.4. The Hall–Kier alpha value is -2.70. The Balaban J connectivity index is 1.79. The fourth-order valence-electron chi connectivity index (χ4n) is 1.97. The lowest BCUT2D eigenvalue weighted by atomic mass is 10.1. The number of halogens is 3. The van der Waals surface area contributed by atoms with E-state index >= 15 is 0 Å². The third-order valence-electron chi connectivity index (χ3n) is 3.04. The number of benzene rings is 2. The third kappa shape index (κ3) is 6.60. The van der Waals surface area contributed by atoms with Crippen LogP contribution < -0.4 is 15.4 Å². The Morgan fingerprint density at radius 2 is 1.79 bits per heavy atom. The molecule has 2 N–H and O–H groups in total. The first-order valence-corrected chi connectivity index (χ1v) is 7.31. The van der Waals surface area contributed by atoms with Gasteiger partial charge in [-0.1, -0.05) is 36.4 Å². The maximum absolute atomic E-state index is 12.1. The Kier molecular flexibility index (Phi) is 6.06. The van der Waals surface area contributed by atoms with E-state index in [4.69, 9.17) is 0 Å². The van der Waals surface area contributed by atoms with Crippen molar-refractivity contribution in [2.75, 3.05) is 18.5 Å². The maximum Gasteiger partial charge on any atom is 0.422 e. The second kappa shape index (κ2) is 8.24. The van der Waals surface area contributed by atoms with E-state index in [-0.39, 0.29) is 5.75 Å². The molecular weight excluding hydrogens is 321 g/mol. The molecule has 0 aliphatic heterocycles. The molecule has 0 bridgehead atoms. The van der Waals surface area contributed by atoms with Gasteiger partial charge in [0.25, 0.3) is 0 Å². The van der Waals surface area contributed by atoms with E-state index in [0.717, 1.165) is 5.56 Å². The van der Waals surface area contributed by atoms with E-state index in [9.17, 15) is 18.0 Å². The summed E-state index contributed by atoms with van der Waals surface area (Å²) in [5, 5.41) is 5.24. The van der Waals surface area contributed by atoms with Crippen LogP contribution in [0.1, 0.15) is 5.56 Å². The van der Waals surface area contributed by atoms with E-state index in [1.165, 1.54) is 18.2 Å². The van der Waals surface area contributed by atoms with E-state index in [1.807, 2.05) is 30.3 Å². The first kappa shape index (κ1) is 17.7. The molecule has 0 aromatic heterocycles. The number of amides is 2. The van der Waals surface area contributed by atoms with Gasteiger partial charge in [0.2, 0.25) is 0 Å². The minimum atomic E-state index is -4.40. The second-order valence-corrected chi connectivity index (χ2v) is 5.05. The van der Waals surface area contributed by atoms with E-state index < -0.39 is 18.8 Å². The standard InChI is InChI=1S/C17H17F3N2O2/c18-17(19,20)12-24-15-8-4-7-14(11-15)22-16(23)21-10-9-13-5-2-1-3-6-13/h1-8,11H,9-10,12H2,(H2,21,22,23). The van der Waals surface area contributed by atoms with Crippen LogP contribution in [0.3, 0.4) is 0 Å². The highest BCUT2D eigenvalue weighted by Gasteiger charge is 2.28. The zero-order chi connectivity index (χ0) is 17.4. The van der Waals surface area contributed by atoms with Crippen LogP contribution in [0.2, 0.25) is 0 Å². The van der Waals surface area contributed by atoms with Gasteiger partial charge in [0.15, 0.2) is 6.61 Å². The van der Waals surface area contributed by atoms with Crippen LogP contribution in [0.5, 0.6) is 5.75 Å². The minimum absolute atomic E-state index is 0.0365. The van der Waals surface area contributed by atoms with Crippen molar-refractivity contribution >= 4 is 11.7 Å². The molecule has 0 spiro atoms. The minimum Gasteiger partial charge on any atom is -0.484 e. The van der Waals surface area contributed by atoms with Crippen molar-refractivity contribution in [2.45, 2.75) is 12.6 Å².